The average Bonchev–Trinajstić information content (AvgIpc) is 3.35. The van der Waals surface area contributed by atoms with Crippen LogP contribution in [0.15, 0.2) is 47.4 Å². The first-order chi connectivity index (χ1) is 14.8. The number of carbonyl (C=O) groups excluding carboxylic acids is 1. The van der Waals surface area contributed by atoms with Crippen LogP contribution in [0.1, 0.15) is 29.5 Å². The van der Waals surface area contributed by atoms with Gasteiger partial charge in [-0.25, -0.2) is 17.7 Å². The van der Waals surface area contributed by atoms with E-state index in [0.717, 1.165) is 44.5 Å². The third kappa shape index (κ3) is 4.50. The van der Waals surface area contributed by atoms with Crippen LogP contribution in [0.4, 0.5) is 5.69 Å². The second-order valence-electron chi connectivity index (χ2n) is 7.96. The van der Waals surface area contributed by atoms with Crippen LogP contribution < -0.4 is 5.32 Å². The summed E-state index contributed by atoms with van der Waals surface area (Å²) in [6.45, 7) is 2.92. The van der Waals surface area contributed by atoms with Gasteiger partial charge in [-0.3, -0.25) is 9.69 Å². The lowest BCUT2D eigenvalue weighted by Gasteiger charge is -2.22. The molecule has 4 rings (SSSR count). The number of carbonyl (C=O) groups is 1. The fourth-order valence-corrected chi connectivity index (χ4v) is 5.87. The number of nitrogens with one attached hydrogen (secondary N) is 1. The molecule has 1 saturated heterocycles. The fourth-order valence-electron chi connectivity index (χ4n) is 3.81. The molecule has 2 heterocycles. The Morgan fingerprint density at radius 1 is 1.26 bits per heavy atom. The molecule has 1 aliphatic heterocycles. The van der Waals surface area contributed by atoms with Gasteiger partial charge in [-0.05, 0) is 56.1 Å². The molecule has 0 aliphatic carbocycles. The molecule has 31 heavy (non-hydrogen) atoms. The van der Waals surface area contributed by atoms with E-state index in [1.807, 2.05) is 25.1 Å². The molecule has 1 aromatic heterocycles. The van der Waals surface area contributed by atoms with E-state index in [0.29, 0.717) is 5.69 Å². The number of thiazole rings is 1. The van der Waals surface area contributed by atoms with Crippen molar-refractivity contribution in [1.29, 1.82) is 0 Å². The first-order valence-corrected chi connectivity index (χ1v) is 12.4. The van der Waals surface area contributed by atoms with Crippen molar-refractivity contribution in [1.82, 2.24) is 14.2 Å². The number of sulfonamides is 1. The lowest BCUT2D eigenvalue weighted by atomic mass is 10.2. The van der Waals surface area contributed by atoms with Crippen LogP contribution in [0, 0.1) is 6.92 Å². The maximum atomic E-state index is 12.8. The molecule has 1 aliphatic rings. The molecule has 0 saturated carbocycles. The number of anilines is 1. The van der Waals surface area contributed by atoms with Gasteiger partial charge in [0, 0.05) is 19.8 Å². The van der Waals surface area contributed by atoms with Crippen molar-refractivity contribution >= 4 is 43.2 Å². The van der Waals surface area contributed by atoms with Crippen molar-refractivity contribution in [3.8, 4) is 0 Å². The molecule has 1 atom stereocenters. The molecule has 3 aromatic rings. The van der Waals surface area contributed by atoms with E-state index < -0.39 is 10.0 Å². The van der Waals surface area contributed by atoms with Gasteiger partial charge in [0.1, 0.15) is 5.01 Å². The van der Waals surface area contributed by atoms with E-state index in [9.17, 15) is 13.2 Å². The minimum Gasteiger partial charge on any atom is -0.325 e. The molecule has 164 valence electrons. The largest absolute Gasteiger partial charge is 0.325 e. The second kappa shape index (κ2) is 8.66. The van der Waals surface area contributed by atoms with Gasteiger partial charge in [0.15, 0.2) is 0 Å². The Bertz CT molecular complexity index is 1190. The van der Waals surface area contributed by atoms with Crippen LogP contribution in [-0.2, 0) is 14.8 Å². The van der Waals surface area contributed by atoms with Gasteiger partial charge in [-0.1, -0.05) is 18.2 Å². The highest BCUT2D eigenvalue weighted by molar-refractivity contribution is 7.89. The monoisotopic (exact) mass is 458 g/mol. The smallest absolute Gasteiger partial charge is 0.242 e. The number of hydrogen-bond acceptors (Lipinski definition) is 6. The van der Waals surface area contributed by atoms with Crippen molar-refractivity contribution in [3.63, 3.8) is 0 Å². The summed E-state index contributed by atoms with van der Waals surface area (Å²) in [6.07, 6.45) is 1.99. The van der Waals surface area contributed by atoms with Gasteiger partial charge < -0.3 is 5.32 Å². The Morgan fingerprint density at radius 3 is 2.77 bits per heavy atom. The minimum atomic E-state index is -3.57. The topological polar surface area (TPSA) is 82.6 Å². The summed E-state index contributed by atoms with van der Waals surface area (Å²) in [5, 5.41) is 3.95. The zero-order valence-electron chi connectivity index (χ0n) is 17.8. The van der Waals surface area contributed by atoms with E-state index >= 15 is 0 Å². The van der Waals surface area contributed by atoms with Gasteiger partial charge in [-0.2, -0.15) is 0 Å². The Morgan fingerprint density at radius 2 is 2.03 bits per heavy atom. The summed E-state index contributed by atoms with van der Waals surface area (Å²) < 4.78 is 27.2. The van der Waals surface area contributed by atoms with E-state index in [-0.39, 0.29) is 23.4 Å². The molecule has 2 aromatic carbocycles. The van der Waals surface area contributed by atoms with Crippen LogP contribution in [-0.4, -0.2) is 55.7 Å². The normalized spacial score (nSPS) is 17.5. The summed E-state index contributed by atoms with van der Waals surface area (Å²) in [4.78, 5) is 19.9. The molecular weight excluding hydrogens is 432 g/mol. The van der Waals surface area contributed by atoms with Crippen LogP contribution >= 0.6 is 11.3 Å². The van der Waals surface area contributed by atoms with Gasteiger partial charge in [0.2, 0.25) is 15.9 Å². The number of nitrogens with zero attached hydrogens (tertiary/aromatic N) is 3. The number of hydrogen-bond donors (Lipinski definition) is 1. The molecule has 0 unspecified atom stereocenters. The number of aryl methyl sites for hydroxylation is 1. The maximum Gasteiger partial charge on any atom is 0.242 e. The highest BCUT2D eigenvalue weighted by Crippen LogP contribution is 2.36. The predicted octanol–water partition coefficient (Wildman–Crippen LogP) is 3.63. The SMILES string of the molecule is Cc1ccc(S(=O)(=O)N(C)C)cc1NC(=O)CN1CCC[C@@H]1c1nc2ccccc2s1. The Kier molecular flexibility index (Phi) is 6.11. The number of rotatable bonds is 6. The third-order valence-electron chi connectivity index (χ3n) is 5.57. The molecule has 0 spiro atoms. The summed E-state index contributed by atoms with van der Waals surface area (Å²) in [5.41, 5.74) is 2.33. The number of fused-ring (bicyclic) bond motifs is 1. The second-order valence-corrected chi connectivity index (χ2v) is 11.2. The van der Waals surface area contributed by atoms with Crippen molar-refractivity contribution in [2.75, 3.05) is 32.5 Å². The van der Waals surface area contributed by atoms with Crippen LogP contribution in [0.25, 0.3) is 10.2 Å². The number of likely N-dealkylation sites (tertiary alicyclic amines) is 1. The van der Waals surface area contributed by atoms with Gasteiger partial charge in [-0.15, -0.1) is 11.3 Å². The third-order valence-corrected chi connectivity index (χ3v) is 8.52. The highest BCUT2D eigenvalue weighted by Gasteiger charge is 2.30. The quantitative estimate of drug-likeness (QED) is 0.610. The van der Waals surface area contributed by atoms with E-state index in [2.05, 4.69) is 16.3 Å². The fraction of sp³-hybridized carbons (Fsp3) is 0.364. The molecule has 0 radical (unpaired) electrons. The average molecular weight is 459 g/mol. The van der Waals surface area contributed by atoms with E-state index in [1.165, 1.54) is 20.2 Å². The molecule has 1 N–H and O–H groups in total. The standard InChI is InChI=1S/C22H26N4O3S2/c1-15-10-11-16(31(28,29)25(2)3)13-18(15)23-21(27)14-26-12-6-8-19(26)22-24-17-7-4-5-9-20(17)30-22/h4-5,7,9-11,13,19H,6,8,12,14H2,1-3H3,(H,23,27)/t19-/m1/s1. The molecule has 9 heteroatoms. The number of para-hydroxylation sites is 1. The maximum absolute atomic E-state index is 12.8. The molecule has 0 bridgehead atoms. The van der Waals surface area contributed by atoms with E-state index in [4.69, 9.17) is 4.98 Å². The van der Waals surface area contributed by atoms with Crippen molar-refractivity contribution in [2.45, 2.75) is 30.7 Å². The van der Waals surface area contributed by atoms with Gasteiger partial charge >= 0.3 is 0 Å². The molecule has 1 fully saturated rings. The van der Waals surface area contributed by atoms with Crippen molar-refractivity contribution in [3.05, 3.63) is 53.0 Å². The zero-order valence-corrected chi connectivity index (χ0v) is 19.5. The van der Waals surface area contributed by atoms with Crippen molar-refractivity contribution in [2.24, 2.45) is 0 Å². The van der Waals surface area contributed by atoms with Crippen LogP contribution in [0.3, 0.4) is 0 Å². The first kappa shape index (κ1) is 21.9. The van der Waals surface area contributed by atoms with Crippen molar-refractivity contribution < 1.29 is 13.2 Å². The van der Waals surface area contributed by atoms with Gasteiger partial charge in [0.25, 0.3) is 0 Å². The molecule has 1 amide bonds. The van der Waals surface area contributed by atoms with Crippen LogP contribution in [0.2, 0.25) is 0 Å². The summed E-state index contributed by atoms with van der Waals surface area (Å²) >= 11 is 1.68. The number of amides is 1. The lowest BCUT2D eigenvalue weighted by Crippen LogP contribution is -2.33. The summed E-state index contributed by atoms with van der Waals surface area (Å²) in [6, 6.07) is 13.0. The zero-order chi connectivity index (χ0) is 22.2. The number of benzene rings is 2. The van der Waals surface area contributed by atoms with Crippen LogP contribution in [0.5, 0.6) is 0 Å². The van der Waals surface area contributed by atoms with E-state index in [1.54, 1.807) is 23.5 Å². The molecular formula is C22H26N4O3S2. The minimum absolute atomic E-state index is 0.129. The Balaban J connectivity index is 1.49. The lowest BCUT2D eigenvalue weighted by molar-refractivity contribution is -0.117. The Labute approximate surface area is 186 Å². The summed E-state index contributed by atoms with van der Waals surface area (Å²) in [7, 11) is -0.589. The predicted molar refractivity (Wildman–Crippen MR) is 124 cm³/mol. The number of aromatic nitrogens is 1. The highest BCUT2D eigenvalue weighted by atomic mass is 32.2. The van der Waals surface area contributed by atoms with Gasteiger partial charge in [0.05, 0.1) is 27.7 Å². The first-order valence-electron chi connectivity index (χ1n) is 10.2. The molecule has 7 nitrogen and oxygen atoms in total. The summed E-state index contributed by atoms with van der Waals surface area (Å²) in [5.74, 6) is -0.157. The Hall–Kier alpha value is -2.33.